The lowest BCUT2D eigenvalue weighted by atomic mass is 10.0. The molecule has 1 aromatic carbocycles. The topological polar surface area (TPSA) is 94.8 Å². The van der Waals surface area contributed by atoms with Crippen molar-refractivity contribution < 1.29 is 13.9 Å². The van der Waals surface area contributed by atoms with Gasteiger partial charge in [0, 0.05) is 23.5 Å². The molecule has 10 heteroatoms. The zero-order valence-electron chi connectivity index (χ0n) is 18.1. The van der Waals surface area contributed by atoms with Gasteiger partial charge in [0.2, 0.25) is 0 Å². The fourth-order valence-electron chi connectivity index (χ4n) is 3.06. The van der Waals surface area contributed by atoms with Gasteiger partial charge in [0.15, 0.2) is 11.0 Å². The highest BCUT2D eigenvalue weighted by atomic mass is 35.5. The van der Waals surface area contributed by atoms with Crippen molar-refractivity contribution in [1.82, 2.24) is 25.0 Å². The highest BCUT2D eigenvalue weighted by molar-refractivity contribution is 6.29. The monoisotopic (exact) mass is 466 g/mol. The van der Waals surface area contributed by atoms with Crippen molar-refractivity contribution in [2.75, 3.05) is 5.32 Å². The summed E-state index contributed by atoms with van der Waals surface area (Å²) in [5.41, 5.74) is 1.31. The molecule has 4 aromatic rings. The van der Waals surface area contributed by atoms with E-state index in [1.54, 1.807) is 69.4 Å². The number of nitrogens with zero attached hydrogens (tertiary/aromatic N) is 5. The van der Waals surface area contributed by atoms with Crippen molar-refractivity contribution in [3.05, 3.63) is 71.9 Å². The van der Waals surface area contributed by atoms with Crippen molar-refractivity contribution in [2.24, 2.45) is 0 Å². The Bertz CT molecular complexity index is 1300. The first-order valence-corrected chi connectivity index (χ1v) is 10.4. The Hall–Kier alpha value is -3.85. The molecule has 8 nitrogen and oxygen atoms in total. The fourth-order valence-corrected chi connectivity index (χ4v) is 3.16. The van der Waals surface area contributed by atoms with Crippen molar-refractivity contribution in [2.45, 2.75) is 26.4 Å². The Labute approximate surface area is 194 Å². The first-order chi connectivity index (χ1) is 15.7. The highest BCUT2D eigenvalue weighted by Crippen LogP contribution is 2.34. The van der Waals surface area contributed by atoms with Gasteiger partial charge in [-0.25, -0.2) is 18.9 Å². The molecule has 0 unspecified atom stereocenters. The number of benzene rings is 1. The third kappa shape index (κ3) is 5.32. The average Bonchev–Trinajstić information content (AvgIpc) is 3.18. The smallest absolute Gasteiger partial charge is 0.413 e. The minimum absolute atomic E-state index is 0.243. The Morgan fingerprint density at radius 3 is 2.58 bits per heavy atom. The van der Waals surface area contributed by atoms with Crippen LogP contribution in [0.3, 0.4) is 0 Å². The maximum absolute atomic E-state index is 14.7. The van der Waals surface area contributed by atoms with Crippen molar-refractivity contribution in [3.8, 4) is 28.2 Å². The molecule has 0 saturated carbocycles. The number of rotatable bonds is 4. The SMILES string of the molecule is CC(C)(C)OC(=O)Nc1cc(-c2cn(-c3ccc(Cl)nn3)nc2-c2ccccc2F)ccn1. The lowest BCUT2D eigenvalue weighted by Crippen LogP contribution is -2.27. The van der Waals surface area contributed by atoms with Crippen LogP contribution in [0.4, 0.5) is 15.0 Å². The van der Waals surface area contributed by atoms with E-state index in [0.29, 0.717) is 28.2 Å². The maximum Gasteiger partial charge on any atom is 0.413 e. The minimum atomic E-state index is -0.652. The average molecular weight is 467 g/mol. The van der Waals surface area contributed by atoms with Gasteiger partial charge in [0.1, 0.15) is 22.9 Å². The van der Waals surface area contributed by atoms with Crippen molar-refractivity contribution >= 4 is 23.5 Å². The van der Waals surface area contributed by atoms with Crippen LogP contribution < -0.4 is 5.32 Å². The zero-order valence-corrected chi connectivity index (χ0v) is 18.8. The van der Waals surface area contributed by atoms with Crippen LogP contribution in [-0.4, -0.2) is 36.7 Å². The number of hydrogen-bond acceptors (Lipinski definition) is 6. The number of halogens is 2. The van der Waals surface area contributed by atoms with E-state index in [4.69, 9.17) is 16.3 Å². The van der Waals surface area contributed by atoms with Crippen molar-refractivity contribution in [1.29, 1.82) is 0 Å². The number of carbonyl (C=O) groups is 1. The lowest BCUT2D eigenvalue weighted by Gasteiger charge is -2.19. The minimum Gasteiger partial charge on any atom is -0.444 e. The summed E-state index contributed by atoms with van der Waals surface area (Å²) >= 11 is 5.84. The van der Waals surface area contributed by atoms with Crippen LogP contribution in [0, 0.1) is 5.82 Å². The summed E-state index contributed by atoms with van der Waals surface area (Å²) in [6.07, 6.45) is 2.60. The number of hydrogen-bond donors (Lipinski definition) is 1. The summed E-state index contributed by atoms with van der Waals surface area (Å²) in [4.78, 5) is 16.3. The van der Waals surface area contributed by atoms with Crippen LogP contribution in [0.5, 0.6) is 0 Å². The van der Waals surface area contributed by atoms with Gasteiger partial charge in [-0.2, -0.15) is 5.10 Å². The van der Waals surface area contributed by atoms with E-state index in [9.17, 15) is 9.18 Å². The fraction of sp³-hybridized carbons (Fsp3) is 0.174. The quantitative estimate of drug-likeness (QED) is 0.425. The van der Waals surface area contributed by atoms with Gasteiger partial charge in [-0.05, 0) is 62.7 Å². The molecule has 0 atom stereocenters. The molecule has 0 radical (unpaired) electrons. The third-order valence-electron chi connectivity index (χ3n) is 4.40. The Kier molecular flexibility index (Phi) is 6.06. The molecule has 0 aliphatic rings. The van der Waals surface area contributed by atoms with Gasteiger partial charge in [0.05, 0.1) is 0 Å². The second-order valence-corrected chi connectivity index (χ2v) is 8.47. The molecule has 0 bridgehead atoms. The van der Waals surface area contributed by atoms with Crippen LogP contribution >= 0.6 is 11.6 Å². The maximum atomic E-state index is 14.7. The number of nitrogens with one attached hydrogen (secondary N) is 1. The summed E-state index contributed by atoms with van der Waals surface area (Å²) in [6, 6.07) is 13.0. The number of carbonyl (C=O) groups excluding carboxylic acids is 1. The van der Waals surface area contributed by atoms with Crippen LogP contribution in [0.1, 0.15) is 20.8 Å². The summed E-state index contributed by atoms with van der Waals surface area (Å²) in [5, 5.41) is 15.3. The van der Waals surface area contributed by atoms with E-state index in [-0.39, 0.29) is 11.0 Å². The Morgan fingerprint density at radius 1 is 1.09 bits per heavy atom. The predicted octanol–water partition coefficient (Wildman–Crippen LogP) is 5.53. The number of ether oxygens (including phenoxy) is 1. The Balaban J connectivity index is 1.77. The van der Waals surface area contributed by atoms with Gasteiger partial charge in [-0.3, -0.25) is 5.32 Å². The molecule has 0 aliphatic carbocycles. The van der Waals surface area contributed by atoms with Crippen LogP contribution in [0.15, 0.2) is 60.9 Å². The van der Waals surface area contributed by atoms with E-state index in [2.05, 4.69) is 25.6 Å². The standard InChI is InChI=1S/C23H20ClFN6O2/c1-23(2,3)33-22(32)27-19-12-14(10-11-26-19)16-13-31(20-9-8-18(24)28-29-20)30-21(16)15-6-4-5-7-17(15)25/h4-13H,1-3H3,(H,26,27,32). The molecule has 3 heterocycles. The first-order valence-electron chi connectivity index (χ1n) is 10.0. The van der Waals surface area contributed by atoms with E-state index >= 15 is 0 Å². The molecule has 0 fully saturated rings. The number of anilines is 1. The third-order valence-corrected chi connectivity index (χ3v) is 4.60. The molecule has 0 saturated heterocycles. The molecule has 0 spiro atoms. The van der Waals surface area contributed by atoms with Gasteiger partial charge >= 0.3 is 6.09 Å². The normalized spacial score (nSPS) is 11.3. The number of amides is 1. The van der Waals surface area contributed by atoms with Gasteiger partial charge < -0.3 is 4.74 Å². The summed E-state index contributed by atoms with van der Waals surface area (Å²) in [7, 11) is 0. The van der Waals surface area contributed by atoms with E-state index in [1.807, 2.05) is 0 Å². The van der Waals surface area contributed by atoms with E-state index in [0.717, 1.165) is 0 Å². The predicted molar refractivity (Wildman–Crippen MR) is 123 cm³/mol. The molecule has 3 aromatic heterocycles. The highest BCUT2D eigenvalue weighted by Gasteiger charge is 2.20. The van der Waals surface area contributed by atoms with Crippen LogP contribution in [0.25, 0.3) is 28.2 Å². The van der Waals surface area contributed by atoms with Crippen molar-refractivity contribution in [3.63, 3.8) is 0 Å². The van der Waals surface area contributed by atoms with Crippen LogP contribution in [-0.2, 0) is 4.74 Å². The molecule has 33 heavy (non-hydrogen) atoms. The summed E-state index contributed by atoms with van der Waals surface area (Å²) in [5.74, 6) is 0.261. The van der Waals surface area contributed by atoms with Crippen LogP contribution in [0.2, 0.25) is 5.15 Å². The zero-order chi connectivity index (χ0) is 23.6. The second-order valence-electron chi connectivity index (χ2n) is 8.09. The largest absolute Gasteiger partial charge is 0.444 e. The number of pyridine rings is 1. The molecular formula is C23H20ClFN6O2. The van der Waals surface area contributed by atoms with Gasteiger partial charge in [-0.15, -0.1) is 10.2 Å². The molecule has 0 aliphatic heterocycles. The Morgan fingerprint density at radius 2 is 1.88 bits per heavy atom. The van der Waals surface area contributed by atoms with E-state index < -0.39 is 17.5 Å². The first kappa shape index (κ1) is 22.3. The lowest BCUT2D eigenvalue weighted by molar-refractivity contribution is 0.0635. The number of aromatic nitrogens is 5. The molecular weight excluding hydrogens is 447 g/mol. The van der Waals surface area contributed by atoms with Gasteiger partial charge in [-0.1, -0.05) is 23.7 Å². The molecule has 168 valence electrons. The summed E-state index contributed by atoms with van der Waals surface area (Å²) < 4.78 is 21.4. The van der Waals surface area contributed by atoms with E-state index in [1.165, 1.54) is 16.9 Å². The summed E-state index contributed by atoms with van der Waals surface area (Å²) in [6.45, 7) is 5.31. The molecule has 1 N–H and O–H groups in total. The molecule has 1 amide bonds. The second kappa shape index (κ2) is 8.95. The van der Waals surface area contributed by atoms with Gasteiger partial charge in [0.25, 0.3) is 0 Å². The molecule has 4 rings (SSSR count).